The molecule has 0 fully saturated rings. The first-order valence-electron chi connectivity index (χ1n) is 24.8. The molecule has 0 radical (unpaired) electrons. The van der Waals surface area contributed by atoms with Crippen molar-refractivity contribution in [2.45, 2.75) is 227 Å². The molecule has 0 saturated carbocycles. The van der Waals surface area contributed by atoms with Crippen LogP contribution in [0.15, 0.2) is 0 Å². The van der Waals surface area contributed by atoms with Gasteiger partial charge >= 0.3 is 29.6 Å². The van der Waals surface area contributed by atoms with Crippen LogP contribution < -0.4 is 29.6 Å². The molecule has 0 saturated heterocycles. The molecule has 0 aliphatic heterocycles. The molecule has 16 nitrogen and oxygen atoms in total. The zero-order valence-corrected chi connectivity index (χ0v) is 46.9. The molecule has 0 amide bonds. The average molecular weight is 985 g/mol. The summed E-state index contributed by atoms with van der Waals surface area (Å²) in [4.78, 5) is 0. The van der Waals surface area contributed by atoms with Crippen LogP contribution in [0.2, 0.25) is 0 Å². The van der Waals surface area contributed by atoms with Gasteiger partial charge in [0.05, 0.1) is 153 Å². The summed E-state index contributed by atoms with van der Waals surface area (Å²) in [6.45, 7) is 30.8. The van der Waals surface area contributed by atoms with Gasteiger partial charge in [-0.1, -0.05) is 64.7 Å². The van der Waals surface area contributed by atoms with Gasteiger partial charge in [0.15, 0.2) is 0 Å². The van der Waals surface area contributed by atoms with Gasteiger partial charge in [-0.25, -0.2) is 8.42 Å². The van der Waals surface area contributed by atoms with Gasteiger partial charge in [0.1, 0.15) is 0 Å². The Hall–Kier alpha value is 0.390. The number of hydrogen-bond donors (Lipinski definition) is 0. The molecule has 392 valence electrons. The number of hydrogen-bond acceptors (Lipinski definition) is 16. The molecule has 0 aromatic rings. The van der Waals surface area contributed by atoms with Crippen molar-refractivity contribution in [2.75, 3.05) is 85.9 Å². The van der Waals surface area contributed by atoms with Crippen LogP contribution in [0, 0.1) is 0 Å². The Morgan fingerprint density at radius 1 is 0.318 bits per heavy atom. The van der Waals surface area contributed by atoms with Crippen molar-refractivity contribution in [2.24, 2.45) is 0 Å². The summed E-state index contributed by atoms with van der Waals surface area (Å²) in [5.74, 6) is 0. The third-order valence-electron chi connectivity index (χ3n) is 10.0. The predicted molar refractivity (Wildman–Crippen MR) is 252 cm³/mol. The summed E-state index contributed by atoms with van der Waals surface area (Å²) in [7, 11) is -4.77. The van der Waals surface area contributed by atoms with Crippen molar-refractivity contribution in [1.82, 2.24) is 0 Å². The monoisotopic (exact) mass is 985 g/mol. The molecule has 66 heavy (non-hydrogen) atoms. The molecule has 12 atom stereocenters. The minimum Gasteiger partial charge on any atom is -0.726 e. The van der Waals surface area contributed by atoms with Crippen LogP contribution >= 0.6 is 0 Å². The SMILES string of the molecule is CCCCCCCCCCCCOCC(C)OCC(C)OCC(C)OCC(C)OCC(C)OCC(C)OCC(C)OCC(C)OCC(C)OCC(C)OCC(C)OCC(C)OS(=O)(=O)[O-].[Na+]. The van der Waals surface area contributed by atoms with Gasteiger partial charge in [0.25, 0.3) is 0 Å². The second kappa shape index (κ2) is 44.1. The zero-order chi connectivity index (χ0) is 48.9. The van der Waals surface area contributed by atoms with Gasteiger partial charge < -0.3 is 61.4 Å². The molecule has 0 aliphatic carbocycles. The molecule has 0 aromatic carbocycles. The van der Waals surface area contributed by atoms with Gasteiger partial charge in [0.2, 0.25) is 10.4 Å². The van der Waals surface area contributed by atoms with Gasteiger partial charge in [-0.2, -0.15) is 0 Å². The summed E-state index contributed by atoms with van der Waals surface area (Å²) in [5, 5.41) is 0. The molecular formula is C48H97NaO16S. The van der Waals surface area contributed by atoms with E-state index in [0.29, 0.717) is 66.1 Å². The second-order valence-corrected chi connectivity index (χ2v) is 19.2. The van der Waals surface area contributed by atoms with E-state index < -0.39 is 16.5 Å². The maximum atomic E-state index is 10.7. The Balaban J connectivity index is 0. The standard InChI is InChI=1S/C48H98O16S.Na/c1-14-15-16-17-18-19-20-21-22-23-24-52-25-37(2)53-26-38(3)54-27-39(4)55-28-40(5)56-29-41(6)57-30-42(7)58-31-43(8)59-32-44(9)60-33-45(10)61-34-46(11)62-35-47(12)63-36-48(13)64-65(49,50)51;/h37-48H,14-36H2,1-13H3,(H,49,50,51);/q;+1/p-1. The van der Waals surface area contributed by atoms with E-state index in [-0.39, 0.29) is 110 Å². The van der Waals surface area contributed by atoms with Crippen LogP contribution in [-0.4, -0.2) is 172 Å². The largest absolute Gasteiger partial charge is 1.00 e. The van der Waals surface area contributed by atoms with Crippen molar-refractivity contribution in [3.63, 3.8) is 0 Å². The van der Waals surface area contributed by atoms with E-state index in [1.165, 1.54) is 64.7 Å². The summed E-state index contributed by atoms with van der Waals surface area (Å²) in [6, 6.07) is 0. The van der Waals surface area contributed by atoms with Gasteiger partial charge in [-0.05, 0) is 89.5 Å². The molecule has 12 unspecified atom stereocenters. The predicted octanol–water partition coefficient (Wildman–Crippen LogP) is 5.25. The quantitative estimate of drug-likeness (QED) is 0.0334. The summed E-state index contributed by atoms with van der Waals surface area (Å²) < 4.78 is 107. The van der Waals surface area contributed by atoms with Crippen molar-refractivity contribution in [1.29, 1.82) is 0 Å². The van der Waals surface area contributed by atoms with Crippen LogP contribution in [0.3, 0.4) is 0 Å². The first-order valence-corrected chi connectivity index (χ1v) is 26.1. The Labute approximate surface area is 425 Å². The van der Waals surface area contributed by atoms with Gasteiger partial charge in [-0.3, -0.25) is 4.18 Å². The average Bonchev–Trinajstić information content (AvgIpc) is 3.25. The molecule has 0 bridgehead atoms. The van der Waals surface area contributed by atoms with Gasteiger partial charge in [0, 0.05) is 6.61 Å². The molecule has 0 heterocycles. The molecular weight excluding hydrogens is 888 g/mol. The topological polar surface area (TPSA) is 177 Å². The minimum absolute atomic E-state index is 0. The van der Waals surface area contributed by atoms with E-state index in [4.69, 9.17) is 56.8 Å². The maximum absolute atomic E-state index is 10.7. The van der Waals surface area contributed by atoms with Crippen molar-refractivity contribution < 1.29 is 104 Å². The number of unbranched alkanes of at least 4 members (excludes halogenated alkanes) is 9. The Bertz CT molecular complexity index is 1160. The van der Waals surface area contributed by atoms with Crippen LogP contribution in [0.5, 0.6) is 0 Å². The summed E-state index contributed by atoms with van der Waals surface area (Å²) in [6.07, 6.45) is 11.0. The van der Waals surface area contributed by atoms with E-state index in [1.807, 2.05) is 69.2 Å². The van der Waals surface area contributed by atoms with Gasteiger partial charge in [-0.15, -0.1) is 0 Å². The van der Waals surface area contributed by atoms with Crippen molar-refractivity contribution in [3.8, 4) is 0 Å². The van der Waals surface area contributed by atoms with Crippen LogP contribution in [0.1, 0.15) is 154 Å². The minimum atomic E-state index is -4.77. The van der Waals surface area contributed by atoms with Crippen molar-refractivity contribution >= 4 is 10.4 Å². The van der Waals surface area contributed by atoms with E-state index in [1.54, 1.807) is 6.92 Å². The third kappa shape index (κ3) is 46.8. The molecule has 18 heteroatoms. The summed E-state index contributed by atoms with van der Waals surface area (Å²) >= 11 is 0. The van der Waals surface area contributed by atoms with E-state index >= 15 is 0 Å². The molecule has 0 N–H and O–H groups in total. The maximum Gasteiger partial charge on any atom is 1.00 e. The molecule has 0 spiro atoms. The number of ether oxygens (including phenoxy) is 12. The fraction of sp³-hybridized carbons (Fsp3) is 1.00. The summed E-state index contributed by atoms with van der Waals surface area (Å²) in [5.41, 5.74) is 0. The smallest absolute Gasteiger partial charge is 0.726 e. The molecule has 0 aliphatic rings. The fourth-order valence-electron chi connectivity index (χ4n) is 6.00. The Kier molecular flexibility index (Phi) is 45.8. The Morgan fingerprint density at radius 3 is 0.742 bits per heavy atom. The molecule has 0 rings (SSSR count). The normalized spacial score (nSPS) is 17.8. The van der Waals surface area contributed by atoms with E-state index in [9.17, 15) is 13.0 Å². The van der Waals surface area contributed by atoms with Crippen molar-refractivity contribution in [3.05, 3.63) is 0 Å². The first kappa shape index (κ1) is 68.5. The first-order chi connectivity index (χ1) is 30.8. The number of rotatable bonds is 48. The van der Waals surface area contributed by atoms with Crippen LogP contribution in [0.25, 0.3) is 0 Å². The van der Waals surface area contributed by atoms with E-state index in [2.05, 4.69) is 11.1 Å². The third-order valence-corrected chi connectivity index (χ3v) is 10.6. The van der Waals surface area contributed by atoms with Crippen LogP contribution in [-0.2, 0) is 71.4 Å². The fourth-order valence-corrected chi connectivity index (χ4v) is 6.45. The molecule has 0 aromatic heterocycles. The second-order valence-electron chi connectivity index (χ2n) is 18.2. The van der Waals surface area contributed by atoms with Crippen LogP contribution in [0.4, 0.5) is 0 Å². The van der Waals surface area contributed by atoms with E-state index in [0.717, 1.165) is 13.0 Å². The zero-order valence-electron chi connectivity index (χ0n) is 44.1. The Morgan fingerprint density at radius 2 is 0.515 bits per heavy atom.